The zero-order valence-electron chi connectivity index (χ0n) is 15.1. The number of nitrogens with one attached hydrogen (secondary N) is 1. The van der Waals surface area contributed by atoms with Crippen LogP contribution >= 0.6 is 0 Å². The van der Waals surface area contributed by atoms with Crippen molar-refractivity contribution < 1.29 is 9.53 Å². The van der Waals surface area contributed by atoms with Crippen molar-refractivity contribution >= 4 is 11.7 Å². The van der Waals surface area contributed by atoms with Gasteiger partial charge in [0, 0.05) is 32.8 Å². The Bertz CT molecular complexity index is 644. The minimum absolute atomic E-state index is 0.214. The summed E-state index contributed by atoms with van der Waals surface area (Å²) in [7, 11) is 1.64. The summed E-state index contributed by atoms with van der Waals surface area (Å²) in [5, 5.41) is 11.1. The van der Waals surface area contributed by atoms with Gasteiger partial charge in [-0.3, -0.25) is 4.79 Å². The Labute approximate surface area is 149 Å². The predicted octanol–water partition coefficient (Wildman–Crippen LogP) is 2.66. The molecule has 0 fully saturated rings. The van der Waals surface area contributed by atoms with E-state index in [4.69, 9.17) is 4.74 Å². The summed E-state index contributed by atoms with van der Waals surface area (Å²) in [5.41, 5.74) is 1.53. The van der Waals surface area contributed by atoms with Crippen LogP contribution in [0.5, 0.6) is 0 Å². The van der Waals surface area contributed by atoms with Gasteiger partial charge in [-0.1, -0.05) is 30.3 Å². The molecule has 0 atom stereocenters. The van der Waals surface area contributed by atoms with Gasteiger partial charge in [-0.15, -0.1) is 10.2 Å². The lowest BCUT2D eigenvalue weighted by molar-refractivity contribution is 0.0942. The van der Waals surface area contributed by atoms with Crippen LogP contribution in [0.15, 0.2) is 42.5 Å². The van der Waals surface area contributed by atoms with Crippen molar-refractivity contribution in [3.05, 3.63) is 53.7 Å². The zero-order valence-corrected chi connectivity index (χ0v) is 15.1. The van der Waals surface area contributed by atoms with Gasteiger partial charge in [-0.2, -0.15) is 0 Å². The maximum Gasteiger partial charge on any atom is 0.271 e. The zero-order chi connectivity index (χ0) is 18.1. The number of amides is 1. The van der Waals surface area contributed by atoms with Crippen molar-refractivity contribution in [3.63, 3.8) is 0 Å². The molecule has 0 saturated heterocycles. The van der Waals surface area contributed by atoms with Crippen molar-refractivity contribution in [1.82, 2.24) is 15.5 Å². The first-order valence-corrected chi connectivity index (χ1v) is 8.53. The van der Waals surface area contributed by atoms with Gasteiger partial charge in [0.15, 0.2) is 11.5 Å². The summed E-state index contributed by atoms with van der Waals surface area (Å²) in [6, 6.07) is 14.1. The molecule has 1 N–H and O–H groups in total. The minimum Gasteiger partial charge on any atom is -0.385 e. The van der Waals surface area contributed by atoms with E-state index in [9.17, 15) is 4.79 Å². The number of ether oxygens (including phenoxy) is 1. The Kier molecular flexibility index (Phi) is 7.35. The fourth-order valence-electron chi connectivity index (χ4n) is 2.42. The van der Waals surface area contributed by atoms with E-state index >= 15 is 0 Å². The van der Waals surface area contributed by atoms with Crippen LogP contribution in [0.1, 0.15) is 36.3 Å². The SMILES string of the molecule is COCCCNC(=O)c1ccc(N(Cc2ccccc2)C(C)C)nn1. The summed E-state index contributed by atoms with van der Waals surface area (Å²) >= 11 is 0. The number of rotatable bonds is 9. The van der Waals surface area contributed by atoms with Crippen LogP contribution in [-0.2, 0) is 11.3 Å². The third-order valence-electron chi connectivity index (χ3n) is 3.81. The summed E-state index contributed by atoms with van der Waals surface area (Å²) in [6.07, 6.45) is 0.770. The van der Waals surface area contributed by atoms with E-state index in [1.165, 1.54) is 5.56 Å². The van der Waals surface area contributed by atoms with Gasteiger partial charge < -0.3 is 15.0 Å². The van der Waals surface area contributed by atoms with Crippen molar-refractivity contribution in [3.8, 4) is 0 Å². The molecule has 2 aromatic rings. The molecule has 134 valence electrons. The molecule has 1 heterocycles. The number of carbonyl (C=O) groups is 1. The topological polar surface area (TPSA) is 67.3 Å². The fourth-order valence-corrected chi connectivity index (χ4v) is 2.42. The molecule has 0 bridgehead atoms. The first kappa shape index (κ1) is 18.9. The molecule has 0 radical (unpaired) electrons. The third kappa shape index (κ3) is 5.83. The molecule has 0 aliphatic rings. The number of anilines is 1. The monoisotopic (exact) mass is 342 g/mol. The standard InChI is InChI=1S/C19H26N4O2/c1-15(2)23(14-16-8-5-4-6-9-16)18-11-10-17(21-22-18)19(24)20-12-7-13-25-3/h4-6,8-11,15H,7,12-14H2,1-3H3,(H,20,24). The van der Waals surface area contributed by atoms with Crippen molar-refractivity contribution in [2.75, 3.05) is 25.2 Å². The molecular weight excluding hydrogens is 316 g/mol. The van der Waals surface area contributed by atoms with Gasteiger partial charge >= 0.3 is 0 Å². The van der Waals surface area contributed by atoms with E-state index in [2.05, 4.69) is 46.4 Å². The maximum atomic E-state index is 12.0. The largest absolute Gasteiger partial charge is 0.385 e. The molecule has 0 aliphatic carbocycles. The van der Waals surface area contributed by atoms with Crippen LogP contribution in [0.3, 0.4) is 0 Å². The highest BCUT2D eigenvalue weighted by Gasteiger charge is 2.15. The van der Waals surface area contributed by atoms with Gasteiger partial charge in [-0.05, 0) is 38.0 Å². The van der Waals surface area contributed by atoms with Crippen LogP contribution in [0.4, 0.5) is 5.82 Å². The normalized spacial score (nSPS) is 10.7. The van der Waals surface area contributed by atoms with Gasteiger partial charge in [0.25, 0.3) is 5.91 Å². The minimum atomic E-state index is -0.214. The molecule has 2 rings (SSSR count). The lowest BCUT2D eigenvalue weighted by atomic mass is 10.2. The molecule has 1 amide bonds. The first-order chi connectivity index (χ1) is 12.1. The van der Waals surface area contributed by atoms with Crippen LogP contribution in [0, 0.1) is 0 Å². The summed E-state index contributed by atoms with van der Waals surface area (Å²) in [6.45, 7) is 6.15. The molecular formula is C19H26N4O2. The number of hydrogen-bond acceptors (Lipinski definition) is 5. The van der Waals surface area contributed by atoms with Crippen molar-refractivity contribution in [1.29, 1.82) is 0 Å². The third-order valence-corrected chi connectivity index (χ3v) is 3.81. The maximum absolute atomic E-state index is 12.0. The summed E-state index contributed by atoms with van der Waals surface area (Å²) in [4.78, 5) is 14.2. The summed E-state index contributed by atoms with van der Waals surface area (Å²) in [5.74, 6) is 0.545. The number of benzene rings is 1. The first-order valence-electron chi connectivity index (χ1n) is 8.53. The van der Waals surface area contributed by atoms with Crippen LogP contribution < -0.4 is 10.2 Å². The molecule has 0 spiro atoms. The molecule has 25 heavy (non-hydrogen) atoms. The van der Waals surface area contributed by atoms with Crippen LogP contribution in [-0.4, -0.2) is 42.4 Å². The molecule has 6 heteroatoms. The second-order valence-corrected chi connectivity index (χ2v) is 6.09. The van der Waals surface area contributed by atoms with Crippen LogP contribution in [0.2, 0.25) is 0 Å². The second-order valence-electron chi connectivity index (χ2n) is 6.09. The van der Waals surface area contributed by atoms with Gasteiger partial charge in [0.1, 0.15) is 0 Å². The van der Waals surface area contributed by atoms with E-state index in [1.54, 1.807) is 13.2 Å². The Balaban J connectivity index is 2.01. The number of aromatic nitrogens is 2. The molecule has 0 saturated carbocycles. The quantitative estimate of drug-likeness (QED) is 0.710. The number of hydrogen-bond donors (Lipinski definition) is 1. The van der Waals surface area contributed by atoms with E-state index in [-0.39, 0.29) is 11.9 Å². The number of carbonyl (C=O) groups excluding carboxylic acids is 1. The Hall–Kier alpha value is -2.47. The molecule has 1 aromatic heterocycles. The summed E-state index contributed by atoms with van der Waals surface area (Å²) < 4.78 is 4.96. The fraction of sp³-hybridized carbons (Fsp3) is 0.421. The highest BCUT2D eigenvalue weighted by Crippen LogP contribution is 2.17. The van der Waals surface area contributed by atoms with Gasteiger partial charge in [-0.25, -0.2) is 0 Å². The lowest BCUT2D eigenvalue weighted by Gasteiger charge is -2.27. The molecule has 1 aromatic carbocycles. The highest BCUT2D eigenvalue weighted by atomic mass is 16.5. The number of methoxy groups -OCH3 is 1. The predicted molar refractivity (Wildman–Crippen MR) is 98.6 cm³/mol. The van der Waals surface area contributed by atoms with E-state index in [0.29, 0.717) is 18.8 Å². The average molecular weight is 342 g/mol. The van der Waals surface area contributed by atoms with Crippen molar-refractivity contribution in [2.24, 2.45) is 0 Å². The highest BCUT2D eigenvalue weighted by molar-refractivity contribution is 5.92. The van der Waals surface area contributed by atoms with Gasteiger partial charge in [0.05, 0.1) is 0 Å². The Morgan fingerprint density at radius 1 is 1.16 bits per heavy atom. The molecule has 6 nitrogen and oxygen atoms in total. The lowest BCUT2D eigenvalue weighted by Crippen LogP contribution is -2.31. The van der Waals surface area contributed by atoms with E-state index in [1.807, 2.05) is 24.3 Å². The van der Waals surface area contributed by atoms with E-state index < -0.39 is 0 Å². The Morgan fingerprint density at radius 3 is 2.52 bits per heavy atom. The van der Waals surface area contributed by atoms with Crippen molar-refractivity contribution in [2.45, 2.75) is 32.9 Å². The molecule has 0 aliphatic heterocycles. The number of nitrogens with zero attached hydrogens (tertiary/aromatic N) is 3. The smallest absolute Gasteiger partial charge is 0.271 e. The second kappa shape index (κ2) is 9.74. The molecule has 0 unspecified atom stereocenters. The Morgan fingerprint density at radius 2 is 1.92 bits per heavy atom. The average Bonchev–Trinajstić information content (AvgIpc) is 2.64. The van der Waals surface area contributed by atoms with Gasteiger partial charge in [0.2, 0.25) is 0 Å². The van der Waals surface area contributed by atoms with Crippen LogP contribution in [0.25, 0.3) is 0 Å². The van der Waals surface area contributed by atoms with E-state index in [0.717, 1.165) is 18.8 Å².